The highest BCUT2D eigenvalue weighted by atomic mass is 35.5. The fourth-order valence-electron chi connectivity index (χ4n) is 2.30. The third kappa shape index (κ3) is 3.02. The Bertz CT molecular complexity index is 610. The van der Waals surface area contributed by atoms with E-state index in [9.17, 15) is 4.39 Å². The Balaban J connectivity index is 2.50. The summed E-state index contributed by atoms with van der Waals surface area (Å²) in [6, 6.07) is 11.1. The first kappa shape index (κ1) is 15.0. The van der Waals surface area contributed by atoms with Crippen LogP contribution in [0.3, 0.4) is 0 Å². The highest BCUT2D eigenvalue weighted by Gasteiger charge is 2.18. The highest BCUT2D eigenvalue weighted by Crippen LogP contribution is 2.30. The average Bonchev–Trinajstić information content (AvgIpc) is 2.43. The number of aryl methyl sites for hydroxylation is 2. The molecule has 1 nitrogen and oxygen atoms in total. The Hall–Kier alpha value is -1.38. The molecule has 0 aliphatic heterocycles. The predicted molar refractivity (Wildman–Crippen MR) is 82.8 cm³/mol. The van der Waals surface area contributed by atoms with Gasteiger partial charge in [0.1, 0.15) is 5.82 Å². The zero-order valence-electron chi connectivity index (χ0n) is 12.0. The van der Waals surface area contributed by atoms with Crippen LogP contribution in [0.1, 0.15) is 35.2 Å². The molecule has 0 aliphatic rings. The van der Waals surface area contributed by atoms with Crippen molar-refractivity contribution in [1.29, 1.82) is 0 Å². The van der Waals surface area contributed by atoms with E-state index in [2.05, 4.69) is 37.4 Å². The maximum atomic E-state index is 13.7. The van der Waals surface area contributed by atoms with Crippen LogP contribution >= 0.6 is 11.6 Å². The van der Waals surface area contributed by atoms with Gasteiger partial charge in [0, 0.05) is 0 Å². The van der Waals surface area contributed by atoms with Crippen LogP contribution in [0.5, 0.6) is 0 Å². The molecule has 20 heavy (non-hydrogen) atoms. The SMILES string of the molecule is CCNC(c1ccc(C)c(C)c1)c1cccc(F)c1Cl. The van der Waals surface area contributed by atoms with E-state index in [1.54, 1.807) is 6.07 Å². The van der Waals surface area contributed by atoms with Crippen molar-refractivity contribution in [3.05, 3.63) is 69.5 Å². The van der Waals surface area contributed by atoms with Crippen molar-refractivity contribution < 1.29 is 4.39 Å². The Morgan fingerprint density at radius 1 is 1.15 bits per heavy atom. The number of hydrogen-bond acceptors (Lipinski definition) is 1. The topological polar surface area (TPSA) is 12.0 Å². The van der Waals surface area contributed by atoms with Gasteiger partial charge in [0.2, 0.25) is 0 Å². The molecule has 3 heteroatoms. The first-order valence-electron chi connectivity index (χ1n) is 6.79. The largest absolute Gasteiger partial charge is 0.306 e. The summed E-state index contributed by atoms with van der Waals surface area (Å²) in [6.07, 6.45) is 0. The Morgan fingerprint density at radius 3 is 2.55 bits per heavy atom. The van der Waals surface area contributed by atoms with Gasteiger partial charge in [-0.25, -0.2) is 4.39 Å². The lowest BCUT2D eigenvalue weighted by Gasteiger charge is -2.21. The Kier molecular flexibility index (Phi) is 4.79. The van der Waals surface area contributed by atoms with Gasteiger partial charge in [-0.3, -0.25) is 0 Å². The van der Waals surface area contributed by atoms with E-state index in [-0.39, 0.29) is 16.9 Å². The van der Waals surface area contributed by atoms with Gasteiger partial charge in [-0.2, -0.15) is 0 Å². The molecule has 0 saturated heterocycles. The zero-order chi connectivity index (χ0) is 14.7. The third-order valence-electron chi connectivity index (χ3n) is 3.57. The molecule has 0 amide bonds. The standard InChI is InChI=1S/C17H19ClFN/c1-4-20-17(13-9-8-11(2)12(3)10-13)14-6-5-7-15(19)16(14)18/h5-10,17,20H,4H2,1-3H3. The summed E-state index contributed by atoms with van der Waals surface area (Å²) in [5, 5.41) is 3.57. The van der Waals surface area contributed by atoms with Crippen LogP contribution in [0.4, 0.5) is 4.39 Å². The summed E-state index contributed by atoms with van der Waals surface area (Å²) in [5.74, 6) is -0.379. The van der Waals surface area contributed by atoms with Gasteiger partial charge in [-0.05, 0) is 48.7 Å². The second kappa shape index (κ2) is 6.38. The van der Waals surface area contributed by atoms with Crippen LogP contribution in [0, 0.1) is 19.7 Å². The number of nitrogens with one attached hydrogen (secondary N) is 1. The number of hydrogen-bond donors (Lipinski definition) is 1. The molecule has 0 spiro atoms. The highest BCUT2D eigenvalue weighted by molar-refractivity contribution is 6.31. The van der Waals surface area contributed by atoms with Gasteiger partial charge in [0.05, 0.1) is 11.1 Å². The summed E-state index contributed by atoms with van der Waals surface area (Å²) in [5.41, 5.74) is 4.34. The molecular weight excluding hydrogens is 273 g/mol. The lowest BCUT2D eigenvalue weighted by molar-refractivity contribution is 0.603. The van der Waals surface area contributed by atoms with E-state index >= 15 is 0 Å². The number of halogens is 2. The van der Waals surface area contributed by atoms with E-state index in [0.29, 0.717) is 0 Å². The van der Waals surface area contributed by atoms with Crippen molar-refractivity contribution in [2.75, 3.05) is 6.54 Å². The van der Waals surface area contributed by atoms with Crippen LogP contribution < -0.4 is 5.32 Å². The lowest BCUT2D eigenvalue weighted by atomic mass is 9.95. The molecule has 106 valence electrons. The normalized spacial score (nSPS) is 12.4. The van der Waals surface area contributed by atoms with Crippen molar-refractivity contribution in [2.45, 2.75) is 26.8 Å². The maximum Gasteiger partial charge on any atom is 0.142 e. The summed E-state index contributed by atoms with van der Waals surface area (Å²) < 4.78 is 13.7. The summed E-state index contributed by atoms with van der Waals surface area (Å²) in [7, 11) is 0. The monoisotopic (exact) mass is 291 g/mol. The fraction of sp³-hybridized carbons (Fsp3) is 0.294. The van der Waals surface area contributed by atoms with Crippen LogP contribution in [-0.4, -0.2) is 6.54 Å². The van der Waals surface area contributed by atoms with Crippen molar-refractivity contribution >= 4 is 11.6 Å². The molecule has 0 aromatic heterocycles. The third-order valence-corrected chi connectivity index (χ3v) is 3.96. The molecule has 2 aromatic carbocycles. The van der Waals surface area contributed by atoms with Gasteiger partial charge < -0.3 is 5.32 Å². The maximum absolute atomic E-state index is 13.7. The number of rotatable bonds is 4. The predicted octanol–water partition coefficient (Wildman–Crippen LogP) is 4.79. The lowest BCUT2D eigenvalue weighted by Crippen LogP contribution is -2.22. The summed E-state index contributed by atoms with van der Waals surface area (Å²) in [4.78, 5) is 0. The minimum Gasteiger partial charge on any atom is -0.306 e. The molecule has 0 radical (unpaired) electrons. The quantitative estimate of drug-likeness (QED) is 0.853. The first-order chi connectivity index (χ1) is 9.54. The van der Waals surface area contributed by atoms with Crippen molar-refractivity contribution in [3.8, 4) is 0 Å². The van der Waals surface area contributed by atoms with Gasteiger partial charge in [0.15, 0.2) is 0 Å². The van der Waals surface area contributed by atoms with E-state index in [4.69, 9.17) is 11.6 Å². The molecule has 2 aromatic rings. The van der Waals surface area contributed by atoms with Crippen molar-refractivity contribution in [3.63, 3.8) is 0 Å². The molecule has 1 unspecified atom stereocenters. The fourth-order valence-corrected chi connectivity index (χ4v) is 2.53. The average molecular weight is 292 g/mol. The van der Waals surface area contributed by atoms with Crippen LogP contribution in [-0.2, 0) is 0 Å². The molecule has 0 fully saturated rings. The second-order valence-corrected chi connectivity index (χ2v) is 5.36. The van der Waals surface area contributed by atoms with Crippen LogP contribution in [0.15, 0.2) is 36.4 Å². The van der Waals surface area contributed by atoms with E-state index in [1.807, 2.05) is 13.0 Å². The zero-order valence-corrected chi connectivity index (χ0v) is 12.8. The first-order valence-corrected chi connectivity index (χ1v) is 7.16. The molecule has 0 saturated carbocycles. The molecule has 1 atom stereocenters. The van der Waals surface area contributed by atoms with E-state index in [0.717, 1.165) is 17.7 Å². The molecule has 2 rings (SSSR count). The molecular formula is C17H19ClFN. The van der Waals surface area contributed by atoms with Crippen molar-refractivity contribution in [1.82, 2.24) is 5.32 Å². The minimum atomic E-state index is -0.379. The summed E-state index contributed by atoms with van der Waals surface area (Å²) >= 11 is 6.13. The summed E-state index contributed by atoms with van der Waals surface area (Å²) in [6.45, 7) is 6.97. The van der Waals surface area contributed by atoms with Gasteiger partial charge >= 0.3 is 0 Å². The van der Waals surface area contributed by atoms with Crippen LogP contribution in [0.2, 0.25) is 5.02 Å². The molecule has 0 heterocycles. The minimum absolute atomic E-state index is 0.0949. The molecule has 1 N–H and O–H groups in total. The van der Waals surface area contributed by atoms with E-state index < -0.39 is 0 Å². The van der Waals surface area contributed by atoms with Gasteiger partial charge in [-0.1, -0.05) is 48.9 Å². The number of benzene rings is 2. The van der Waals surface area contributed by atoms with Crippen molar-refractivity contribution in [2.24, 2.45) is 0 Å². The molecule has 0 bridgehead atoms. The van der Waals surface area contributed by atoms with Crippen LogP contribution in [0.25, 0.3) is 0 Å². The Morgan fingerprint density at radius 2 is 1.90 bits per heavy atom. The molecule has 0 aliphatic carbocycles. The second-order valence-electron chi connectivity index (χ2n) is 4.98. The smallest absolute Gasteiger partial charge is 0.142 e. The Labute approximate surface area is 124 Å². The van der Waals surface area contributed by atoms with E-state index in [1.165, 1.54) is 17.2 Å². The van der Waals surface area contributed by atoms with Gasteiger partial charge in [-0.15, -0.1) is 0 Å². The van der Waals surface area contributed by atoms with Gasteiger partial charge in [0.25, 0.3) is 0 Å².